The predicted octanol–water partition coefficient (Wildman–Crippen LogP) is 2.64. The molecule has 0 bridgehead atoms. The normalized spacial score (nSPS) is 9.38. The second kappa shape index (κ2) is 2.90. The Morgan fingerprint density at radius 3 is 2.54 bits per heavy atom. The van der Waals surface area contributed by atoms with Crippen LogP contribution >= 0.6 is 11.3 Å². The predicted molar refractivity (Wildman–Crippen MR) is 51.3 cm³/mol. The first-order chi connectivity index (χ1) is 6.36. The SMILES string of the molecule is N#Cc1cccc2scc(C#N)c12. The van der Waals surface area contributed by atoms with Crippen LogP contribution in [-0.4, -0.2) is 0 Å². The number of rotatable bonds is 0. The molecule has 0 radical (unpaired) electrons. The molecule has 0 aliphatic heterocycles. The van der Waals surface area contributed by atoms with Crippen LogP contribution in [0.2, 0.25) is 0 Å². The van der Waals surface area contributed by atoms with Crippen molar-refractivity contribution < 1.29 is 0 Å². The minimum atomic E-state index is 0.579. The molecule has 0 aliphatic carbocycles. The Labute approximate surface area is 79.3 Å². The highest BCUT2D eigenvalue weighted by atomic mass is 32.1. The molecule has 0 atom stereocenters. The molecule has 0 fully saturated rings. The van der Waals surface area contributed by atoms with Gasteiger partial charge in [0.25, 0.3) is 0 Å². The van der Waals surface area contributed by atoms with Crippen molar-refractivity contribution in [1.29, 1.82) is 10.5 Å². The van der Waals surface area contributed by atoms with Crippen LogP contribution in [-0.2, 0) is 0 Å². The Bertz CT molecular complexity index is 540. The van der Waals surface area contributed by atoms with Gasteiger partial charge in [0.05, 0.1) is 17.2 Å². The van der Waals surface area contributed by atoms with Gasteiger partial charge >= 0.3 is 0 Å². The van der Waals surface area contributed by atoms with Crippen LogP contribution in [0, 0.1) is 22.7 Å². The fraction of sp³-hybridized carbons (Fsp3) is 0. The molecule has 0 N–H and O–H groups in total. The van der Waals surface area contributed by atoms with Gasteiger partial charge in [-0.25, -0.2) is 0 Å². The zero-order chi connectivity index (χ0) is 9.26. The van der Waals surface area contributed by atoms with Gasteiger partial charge < -0.3 is 0 Å². The standard InChI is InChI=1S/C10H4N2S/c11-4-7-2-1-3-9-10(7)8(5-12)6-13-9/h1-3,6H. The average molecular weight is 184 g/mol. The van der Waals surface area contributed by atoms with E-state index in [1.54, 1.807) is 11.4 Å². The summed E-state index contributed by atoms with van der Waals surface area (Å²) in [6.45, 7) is 0. The van der Waals surface area contributed by atoms with Gasteiger partial charge in [0, 0.05) is 15.5 Å². The van der Waals surface area contributed by atoms with E-state index in [1.807, 2.05) is 12.1 Å². The number of thiophene rings is 1. The van der Waals surface area contributed by atoms with E-state index in [1.165, 1.54) is 11.3 Å². The molecule has 0 spiro atoms. The molecular weight excluding hydrogens is 180 g/mol. The van der Waals surface area contributed by atoms with E-state index in [4.69, 9.17) is 10.5 Å². The monoisotopic (exact) mass is 184 g/mol. The summed E-state index contributed by atoms with van der Waals surface area (Å²) in [5.74, 6) is 0. The molecule has 1 aromatic carbocycles. The molecule has 0 aliphatic rings. The van der Waals surface area contributed by atoms with Crippen LogP contribution in [0.4, 0.5) is 0 Å². The molecular formula is C10H4N2S. The molecule has 2 nitrogen and oxygen atoms in total. The van der Waals surface area contributed by atoms with Gasteiger partial charge in [-0.2, -0.15) is 10.5 Å². The Kier molecular flexibility index (Phi) is 1.73. The highest BCUT2D eigenvalue weighted by Crippen LogP contribution is 2.27. The molecule has 0 saturated heterocycles. The van der Waals surface area contributed by atoms with Gasteiger partial charge in [-0.05, 0) is 12.1 Å². The zero-order valence-electron chi connectivity index (χ0n) is 6.61. The Morgan fingerprint density at radius 1 is 1.08 bits per heavy atom. The summed E-state index contributed by atoms with van der Waals surface area (Å²) in [5, 5.41) is 20.2. The summed E-state index contributed by atoms with van der Waals surface area (Å²) in [7, 11) is 0. The van der Waals surface area contributed by atoms with Crippen LogP contribution in [0.3, 0.4) is 0 Å². The first-order valence-corrected chi connectivity index (χ1v) is 4.55. The fourth-order valence-electron chi connectivity index (χ4n) is 1.26. The van der Waals surface area contributed by atoms with Crippen molar-refractivity contribution in [2.45, 2.75) is 0 Å². The number of nitrogens with zero attached hydrogens (tertiary/aromatic N) is 2. The van der Waals surface area contributed by atoms with E-state index in [2.05, 4.69) is 12.1 Å². The summed E-state index contributed by atoms with van der Waals surface area (Å²) in [6, 6.07) is 9.65. The largest absolute Gasteiger partial charge is 0.192 e. The molecule has 0 amide bonds. The molecule has 3 heteroatoms. The highest BCUT2D eigenvalue weighted by molar-refractivity contribution is 7.17. The minimum Gasteiger partial charge on any atom is -0.192 e. The van der Waals surface area contributed by atoms with Crippen molar-refractivity contribution in [1.82, 2.24) is 0 Å². The maximum atomic E-state index is 8.82. The number of hydrogen-bond acceptors (Lipinski definition) is 3. The van der Waals surface area contributed by atoms with Gasteiger partial charge in [-0.15, -0.1) is 11.3 Å². The van der Waals surface area contributed by atoms with Crippen molar-refractivity contribution >= 4 is 21.4 Å². The fourth-order valence-corrected chi connectivity index (χ4v) is 2.17. The number of benzene rings is 1. The van der Waals surface area contributed by atoms with E-state index < -0.39 is 0 Å². The maximum Gasteiger partial charge on any atom is 0.101 e. The quantitative estimate of drug-likeness (QED) is 0.631. The molecule has 2 aromatic rings. The maximum absolute atomic E-state index is 8.82. The second-order valence-electron chi connectivity index (χ2n) is 2.55. The van der Waals surface area contributed by atoms with Gasteiger partial charge in [-0.1, -0.05) is 6.07 Å². The summed E-state index contributed by atoms with van der Waals surface area (Å²) in [5.41, 5.74) is 1.17. The Hall–Kier alpha value is -1.84. The Morgan fingerprint density at radius 2 is 1.85 bits per heavy atom. The molecule has 60 valence electrons. The first kappa shape index (κ1) is 7.79. The smallest absolute Gasteiger partial charge is 0.101 e. The lowest BCUT2D eigenvalue weighted by Gasteiger charge is -1.91. The summed E-state index contributed by atoms with van der Waals surface area (Å²) in [6.07, 6.45) is 0. The lowest BCUT2D eigenvalue weighted by Crippen LogP contribution is -1.77. The molecule has 0 unspecified atom stereocenters. The molecule has 0 saturated carbocycles. The van der Waals surface area contributed by atoms with Crippen molar-refractivity contribution in [3.8, 4) is 12.1 Å². The number of hydrogen-bond donors (Lipinski definition) is 0. The van der Waals surface area contributed by atoms with Gasteiger partial charge in [0.1, 0.15) is 6.07 Å². The zero-order valence-corrected chi connectivity index (χ0v) is 7.43. The van der Waals surface area contributed by atoms with E-state index in [0.29, 0.717) is 11.1 Å². The average Bonchev–Trinajstić information content (AvgIpc) is 2.60. The third kappa shape index (κ3) is 1.07. The van der Waals surface area contributed by atoms with Gasteiger partial charge in [0.15, 0.2) is 0 Å². The third-order valence-electron chi connectivity index (χ3n) is 1.84. The molecule has 1 heterocycles. The minimum absolute atomic E-state index is 0.579. The van der Waals surface area contributed by atoms with E-state index in [-0.39, 0.29) is 0 Å². The van der Waals surface area contributed by atoms with E-state index in [0.717, 1.165) is 10.1 Å². The van der Waals surface area contributed by atoms with Crippen LogP contribution in [0.1, 0.15) is 11.1 Å². The summed E-state index contributed by atoms with van der Waals surface area (Å²) in [4.78, 5) is 0. The topological polar surface area (TPSA) is 47.6 Å². The number of fused-ring (bicyclic) bond motifs is 1. The lowest BCUT2D eigenvalue weighted by molar-refractivity contribution is 1.49. The Balaban J connectivity index is 2.96. The van der Waals surface area contributed by atoms with Gasteiger partial charge in [-0.3, -0.25) is 0 Å². The third-order valence-corrected chi connectivity index (χ3v) is 2.79. The first-order valence-electron chi connectivity index (χ1n) is 3.67. The van der Waals surface area contributed by atoms with E-state index >= 15 is 0 Å². The van der Waals surface area contributed by atoms with E-state index in [9.17, 15) is 0 Å². The van der Waals surface area contributed by atoms with Crippen molar-refractivity contribution in [3.05, 3.63) is 34.7 Å². The lowest BCUT2D eigenvalue weighted by atomic mass is 10.1. The molecule has 2 rings (SSSR count). The molecule has 13 heavy (non-hydrogen) atoms. The van der Waals surface area contributed by atoms with Crippen LogP contribution in [0.15, 0.2) is 23.6 Å². The van der Waals surface area contributed by atoms with Crippen molar-refractivity contribution in [2.24, 2.45) is 0 Å². The van der Waals surface area contributed by atoms with Crippen LogP contribution in [0.25, 0.3) is 10.1 Å². The van der Waals surface area contributed by atoms with Crippen LogP contribution in [0.5, 0.6) is 0 Å². The summed E-state index contributed by atoms with van der Waals surface area (Å²) < 4.78 is 0.996. The highest BCUT2D eigenvalue weighted by Gasteiger charge is 2.06. The van der Waals surface area contributed by atoms with Crippen molar-refractivity contribution in [2.75, 3.05) is 0 Å². The summed E-state index contributed by atoms with van der Waals surface area (Å²) >= 11 is 1.49. The van der Waals surface area contributed by atoms with Crippen molar-refractivity contribution in [3.63, 3.8) is 0 Å². The number of nitriles is 2. The molecule has 1 aromatic heterocycles. The van der Waals surface area contributed by atoms with Crippen LogP contribution < -0.4 is 0 Å². The van der Waals surface area contributed by atoms with Gasteiger partial charge in [0.2, 0.25) is 0 Å². The second-order valence-corrected chi connectivity index (χ2v) is 3.46.